The predicted molar refractivity (Wildman–Crippen MR) is 92.9 cm³/mol. The molecule has 23 heavy (non-hydrogen) atoms. The topological polar surface area (TPSA) is 55.7 Å². The highest BCUT2D eigenvalue weighted by atomic mass is 35.5. The first-order chi connectivity index (χ1) is 11.2. The number of aromatic nitrogens is 4. The van der Waals surface area contributed by atoms with Crippen molar-refractivity contribution in [1.29, 1.82) is 0 Å². The molecule has 7 heteroatoms. The molecule has 4 aromatic heterocycles. The van der Waals surface area contributed by atoms with E-state index in [-0.39, 0.29) is 0 Å². The minimum absolute atomic E-state index is 0.497. The quantitative estimate of drug-likeness (QED) is 0.579. The average molecular weight is 349 g/mol. The largest absolute Gasteiger partial charge is 0.364 e. The van der Waals surface area contributed by atoms with E-state index in [0.717, 1.165) is 32.1 Å². The molecule has 1 N–H and O–H groups in total. The summed E-state index contributed by atoms with van der Waals surface area (Å²) in [5.41, 5.74) is 1.70. The Morgan fingerprint density at radius 1 is 1.04 bits per heavy atom. The number of halogens is 2. The highest BCUT2D eigenvalue weighted by molar-refractivity contribution is 6.35. The average Bonchev–Trinajstić information content (AvgIpc) is 3.17. The van der Waals surface area contributed by atoms with Crippen molar-refractivity contribution >= 4 is 45.3 Å². The first kappa shape index (κ1) is 15.8. The van der Waals surface area contributed by atoms with Crippen LogP contribution in [0.2, 0.25) is 10.0 Å². The Hall–Kier alpha value is -2.08. The zero-order valence-electron chi connectivity index (χ0n) is 12.3. The van der Waals surface area contributed by atoms with E-state index >= 15 is 0 Å². The maximum Gasteiger partial charge on any atom is 0.143 e. The Morgan fingerprint density at radius 3 is 2.52 bits per heavy atom. The summed E-state index contributed by atoms with van der Waals surface area (Å²) in [6, 6.07) is 7.40. The molecule has 4 heterocycles. The van der Waals surface area contributed by atoms with Gasteiger partial charge in [-0.15, -0.1) is 0 Å². The number of fused-ring (bicyclic) bond motifs is 2. The standard InChI is InChI=1S/C9H9ClN2O.C7H5ClN2/c1-13-6-12-5-3-7-8(10)2-4-11-9(7)12;8-6-2-4-10-7-5(6)1-3-9-7/h2-5H,6H2,1H3;1-4H,(H,9,10). The third-order valence-electron chi connectivity index (χ3n) is 3.28. The van der Waals surface area contributed by atoms with Gasteiger partial charge in [0.1, 0.15) is 18.0 Å². The number of rotatable bonds is 2. The van der Waals surface area contributed by atoms with Crippen LogP contribution in [0, 0.1) is 0 Å². The molecule has 0 bridgehead atoms. The van der Waals surface area contributed by atoms with Crippen molar-refractivity contribution in [2.75, 3.05) is 7.11 Å². The van der Waals surface area contributed by atoms with Crippen molar-refractivity contribution in [3.8, 4) is 0 Å². The van der Waals surface area contributed by atoms with Gasteiger partial charge in [0.15, 0.2) is 0 Å². The zero-order chi connectivity index (χ0) is 16.2. The summed E-state index contributed by atoms with van der Waals surface area (Å²) in [6.45, 7) is 0.497. The van der Waals surface area contributed by atoms with E-state index in [4.69, 9.17) is 27.9 Å². The number of nitrogens with one attached hydrogen (secondary N) is 1. The molecule has 0 aliphatic heterocycles. The molecular weight excluding hydrogens is 335 g/mol. The second-order valence-corrected chi connectivity index (χ2v) is 5.58. The number of pyridine rings is 2. The molecule has 118 valence electrons. The number of ether oxygens (including phenoxy) is 1. The predicted octanol–water partition coefficient (Wildman–Crippen LogP) is 4.51. The van der Waals surface area contributed by atoms with Crippen LogP contribution in [0.1, 0.15) is 0 Å². The molecule has 4 aromatic rings. The molecule has 0 spiro atoms. The first-order valence-corrected chi connectivity index (χ1v) is 7.62. The minimum Gasteiger partial charge on any atom is -0.364 e. The van der Waals surface area contributed by atoms with Gasteiger partial charge >= 0.3 is 0 Å². The third kappa shape index (κ3) is 3.32. The summed E-state index contributed by atoms with van der Waals surface area (Å²) in [5.74, 6) is 0. The number of H-pyrrole nitrogens is 1. The zero-order valence-corrected chi connectivity index (χ0v) is 13.8. The van der Waals surface area contributed by atoms with Gasteiger partial charge in [0.05, 0.1) is 10.0 Å². The molecule has 0 aliphatic rings. The van der Waals surface area contributed by atoms with Crippen LogP contribution in [0.3, 0.4) is 0 Å². The van der Waals surface area contributed by atoms with Gasteiger partial charge in [-0.25, -0.2) is 9.97 Å². The van der Waals surface area contributed by atoms with Crippen molar-refractivity contribution in [2.24, 2.45) is 0 Å². The van der Waals surface area contributed by atoms with Crippen molar-refractivity contribution in [2.45, 2.75) is 6.73 Å². The minimum atomic E-state index is 0.497. The number of methoxy groups -OCH3 is 1. The third-order valence-corrected chi connectivity index (χ3v) is 3.94. The summed E-state index contributed by atoms with van der Waals surface area (Å²) in [4.78, 5) is 11.2. The summed E-state index contributed by atoms with van der Waals surface area (Å²) < 4.78 is 6.92. The molecule has 0 aromatic carbocycles. The smallest absolute Gasteiger partial charge is 0.143 e. The van der Waals surface area contributed by atoms with Gasteiger partial charge in [-0.2, -0.15) is 0 Å². The SMILES string of the molecule is COCn1ccc2c(Cl)ccnc21.Clc1ccnc2[nH]ccc12. The molecule has 0 atom stereocenters. The highest BCUT2D eigenvalue weighted by Gasteiger charge is 2.04. The van der Waals surface area contributed by atoms with Crippen LogP contribution in [0.25, 0.3) is 22.1 Å². The van der Waals surface area contributed by atoms with Gasteiger partial charge in [0, 0.05) is 42.7 Å². The lowest BCUT2D eigenvalue weighted by Crippen LogP contribution is -1.98. The van der Waals surface area contributed by atoms with Gasteiger partial charge < -0.3 is 14.3 Å². The number of hydrogen-bond donors (Lipinski definition) is 1. The van der Waals surface area contributed by atoms with Crippen molar-refractivity contribution in [1.82, 2.24) is 19.5 Å². The number of aromatic amines is 1. The Kier molecular flexibility index (Phi) is 4.81. The summed E-state index contributed by atoms with van der Waals surface area (Å²) in [5, 5.41) is 3.40. The van der Waals surface area contributed by atoms with E-state index in [0.29, 0.717) is 6.73 Å². The van der Waals surface area contributed by atoms with E-state index in [9.17, 15) is 0 Å². The van der Waals surface area contributed by atoms with Gasteiger partial charge in [-0.3, -0.25) is 0 Å². The monoisotopic (exact) mass is 348 g/mol. The second kappa shape index (κ2) is 7.00. The normalized spacial score (nSPS) is 10.7. The van der Waals surface area contributed by atoms with E-state index in [1.165, 1.54) is 0 Å². The number of nitrogens with zero attached hydrogens (tertiary/aromatic N) is 3. The summed E-state index contributed by atoms with van der Waals surface area (Å²) in [7, 11) is 1.65. The van der Waals surface area contributed by atoms with Crippen molar-refractivity contribution in [3.63, 3.8) is 0 Å². The van der Waals surface area contributed by atoms with Crippen LogP contribution in [0.5, 0.6) is 0 Å². The Balaban J connectivity index is 0.000000140. The molecule has 0 saturated carbocycles. The van der Waals surface area contributed by atoms with Crippen LogP contribution in [-0.2, 0) is 11.5 Å². The molecule has 0 amide bonds. The second-order valence-electron chi connectivity index (χ2n) is 4.77. The first-order valence-electron chi connectivity index (χ1n) is 6.86. The molecule has 0 aliphatic carbocycles. The lowest BCUT2D eigenvalue weighted by molar-refractivity contribution is 0.134. The molecular formula is C16H14Cl2N4O. The Morgan fingerprint density at radius 2 is 1.78 bits per heavy atom. The van der Waals surface area contributed by atoms with E-state index in [1.807, 2.05) is 29.1 Å². The molecule has 4 rings (SSSR count). The fourth-order valence-corrected chi connectivity index (χ4v) is 2.64. The molecule has 0 fully saturated rings. The van der Waals surface area contributed by atoms with Gasteiger partial charge in [-0.05, 0) is 24.3 Å². The summed E-state index contributed by atoms with van der Waals surface area (Å²) >= 11 is 11.8. The van der Waals surface area contributed by atoms with Gasteiger partial charge in [-0.1, -0.05) is 23.2 Å². The molecule has 0 saturated heterocycles. The molecule has 0 radical (unpaired) electrons. The molecule has 5 nitrogen and oxygen atoms in total. The van der Waals surface area contributed by atoms with Crippen molar-refractivity contribution < 1.29 is 4.74 Å². The molecule has 0 unspecified atom stereocenters. The maximum atomic E-state index is 5.98. The van der Waals surface area contributed by atoms with Crippen LogP contribution >= 0.6 is 23.2 Å². The van der Waals surface area contributed by atoms with Crippen LogP contribution < -0.4 is 0 Å². The van der Waals surface area contributed by atoms with E-state index in [2.05, 4.69) is 15.0 Å². The highest BCUT2D eigenvalue weighted by Crippen LogP contribution is 2.22. The maximum absolute atomic E-state index is 5.98. The Labute approximate surface area is 142 Å². The van der Waals surface area contributed by atoms with Gasteiger partial charge in [0.25, 0.3) is 0 Å². The van der Waals surface area contributed by atoms with Crippen LogP contribution in [-0.4, -0.2) is 26.6 Å². The number of hydrogen-bond acceptors (Lipinski definition) is 3. The van der Waals surface area contributed by atoms with Crippen LogP contribution in [0.4, 0.5) is 0 Å². The van der Waals surface area contributed by atoms with E-state index < -0.39 is 0 Å². The van der Waals surface area contributed by atoms with E-state index in [1.54, 1.807) is 31.6 Å². The van der Waals surface area contributed by atoms with Crippen LogP contribution in [0.15, 0.2) is 49.1 Å². The summed E-state index contributed by atoms with van der Waals surface area (Å²) in [6.07, 6.45) is 7.11. The van der Waals surface area contributed by atoms with Gasteiger partial charge in [0.2, 0.25) is 0 Å². The lowest BCUT2D eigenvalue weighted by Gasteiger charge is -2.01. The fourth-order valence-electron chi connectivity index (χ4n) is 2.23. The lowest BCUT2D eigenvalue weighted by atomic mass is 10.3. The Bertz CT molecular complexity index is 932. The fraction of sp³-hybridized carbons (Fsp3) is 0.125. The van der Waals surface area contributed by atoms with Crippen molar-refractivity contribution in [3.05, 3.63) is 59.1 Å².